The SMILES string of the molecule is COCCOc1ncccc1NC(=O)c1cccc(S(=O)(=O)N(C)c2ccc(OC)cc2)c1. The lowest BCUT2D eigenvalue weighted by atomic mass is 10.2. The molecule has 1 N–H and O–H groups in total. The van der Waals surface area contributed by atoms with Crippen molar-refractivity contribution in [1.29, 1.82) is 0 Å². The van der Waals surface area contributed by atoms with Crippen molar-refractivity contribution in [2.75, 3.05) is 44.1 Å². The Morgan fingerprint density at radius 3 is 2.48 bits per heavy atom. The van der Waals surface area contributed by atoms with Crippen LogP contribution in [0.4, 0.5) is 11.4 Å². The number of anilines is 2. The molecule has 10 heteroatoms. The molecular formula is C23H25N3O6S. The van der Waals surface area contributed by atoms with Crippen molar-refractivity contribution in [3.63, 3.8) is 0 Å². The molecule has 3 rings (SSSR count). The van der Waals surface area contributed by atoms with Crippen LogP contribution in [0.25, 0.3) is 0 Å². The molecule has 174 valence electrons. The molecule has 0 aliphatic heterocycles. The van der Waals surface area contributed by atoms with Gasteiger partial charge in [0.1, 0.15) is 18.0 Å². The number of pyridine rings is 1. The number of amides is 1. The van der Waals surface area contributed by atoms with Crippen LogP contribution in [-0.4, -0.2) is 53.8 Å². The van der Waals surface area contributed by atoms with Gasteiger partial charge in [-0.1, -0.05) is 6.07 Å². The number of ether oxygens (including phenoxy) is 3. The summed E-state index contributed by atoms with van der Waals surface area (Å²) in [5.74, 6) is 0.360. The molecule has 9 nitrogen and oxygen atoms in total. The molecule has 1 heterocycles. The molecule has 0 atom stereocenters. The summed E-state index contributed by atoms with van der Waals surface area (Å²) in [7, 11) is 0.633. The van der Waals surface area contributed by atoms with E-state index in [0.29, 0.717) is 23.7 Å². The van der Waals surface area contributed by atoms with Crippen molar-refractivity contribution in [2.45, 2.75) is 4.90 Å². The first-order valence-corrected chi connectivity index (χ1v) is 11.4. The monoisotopic (exact) mass is 471 g/mol. The topological polar surface area (TPSA) is 107 Å². The zero-order valence-corrected chi connectivity index (χ0v) is 19.3. The standard InChI is InChI=1S/C23H25N3O6S/c1-26(18-9-11-19(31-3)12-10-18)33(28,29)20-7-4-6-17(16-20)22(27)25-21-8-5-13-24-23(21)32-15-14-30-2/h4-13,16H,14-15H2,1-3H3,(H,25,27). The minimum atomic E-state index is -3.90. The van der Waals surface area contributed by atoms with Gasteiger partial charge >= 0.3 is 0 Å². The Balaban J connectivity index is 1.81. The van der Waals surface area contributed by atoms with E-state index in [1.165, 1.54) is 38.4 Å². The highest BCUT2D eigenvalue weighted by Gasteiger charge is 2.23. The van der Waals surface area contributed by atoms with Gasteiger partial charge in [0, 0.05) is 25.9 Å². The van der Waals surface area contributed by atoms with E-state index in [1.807, 2.05) is 0 Å². The van der Waals surface area contributed by atoms with Gasteiger partial charge in [0.25, 0.3) is 15.9 Å². The fourth-order valence-corrected chi connectivity index (χ4v) is 4.15. The average molecular weight is 472 g/mol. The van der Waals surface area contributed by atoms with Crippen LogP contribution in [0.2, 0.25) is 0 Å². The highest BCUT2D eigenvalue weighted by Crippen LogP contribution is 2.26. The van der Waals surface area contributed by atoms with Gasteiger partial charge in [-0.2, -0.15) is 0 Å². The maximum Gasteiger partial charge on any atom is 0.264 e. The summed E-state index contributed by atoms with van der Waals surface area (Å²) in [5.41, 5.74) is 0.993. The van der Waals surface area contributed by atoms with Gasteiger partial charge in [-0.15, -0.1) is 0 Å². The Morgan fingerprint density at radius 1 is 1.03 bits per heavy atom. The van der Waals surface area contributed by atoms with E-state index in [4.69, 9.17) is 14.2 Å². The summed E-state index contributed by atoms with van der Waals surface area (Å²) in [5, 5.41) is 2.72. The van der Waals surface area contributed by atoms with Gasteiger partial charge < -0.3 is 19.5 Å². The van der Waals surface area contributed by atoms with Gasteiger partial charge in [-0.05, 0) is 54.6 Å². The second-order valence-electron chi connectivity index (χ2n) is 6.85. The summed E-state index contributed by atoms with van der Waals surface area (Å²) < 4.78 is 43.0. The number of sulfonamides is 1. The molecule has 1 amide bonds. The smallest absolute Gasteiger partial charge is 0.264 e. The summed E-state index contributed by atoms with van der Waals surface area (Å²) in [6.45, 7) is 0.632. The molecule has 0 unspecified atom stereocenters. The molecule has 0 saturated heterocycles. The molecule has 0 fully saturated rings. The zero-order valence-electron chi connectivity index (χ0n) is 18.5. The third kappa shape index (κ3) is 5.79. The fraction of sp³-hybridized carbons (Fsp3) is 0.217. The number of hydrogen-bond acceptors (Lipinski definition) is 7. The Bertz CT molecular complexity index is 1200. The van der Waals surface area contributed by atoms with E-state index >= 15 is 0 Å². The number of hydrogen-bond donors (Lipinski definition) is 1. The maximum absolute atomic E-state index is 13.1. The minimum absolute atomic E-state index is 0.0174. The van der Waals surface area contributed by atoms with Crippen LogP contribution in [0.3, 0.4) is 0 Å². The summed E-state index contributed by atoms with van der Waals surface area (Å²) in [6.07, 6.45) is 1.54. The van der Waals surface area contributed by atoms with Crippen molar-refractivity contribution in [1.82, 2.24) is 4.98 Å². The van der Waals surface area contributed by atoms with Gasteiger partial charge in [0.15, 0.2) is 0 Å². The summed E-state index contributed by atoms with van der Waals surface area (Å²) in [4.78, 5) is 16.9. The lowest BCUT2D eigenvalue weighted by Crippen LogP contribution is -2.26. The highest BCUT2D eigenvalue weighted by atomic mass is 32.2. The summed E-state index contributed by atoms with van der Waals surface area (Å²) in [6, 6.07) is 15.7. The molecule has 0 aliphatic rings. The number of rotatable bonds is 10. The number of nitrogens with one attached hydrogen (secondary N) is 1. The molecule has 0 bridgehead atoms. The Morgan fingerprint density at radius 2 is 1.79 bits per heavy atom. The van der Waals surface area contributed by atoms with Gasteiger partial charge in [0.2, 0.25) is 5.88 Å². The number of carbonyl (C=O) groups is 1. The van der Waals surface area contributed by atoms with Crippen molar-refractivity contribution in [2.24, 2.45) is 0 Å². The van der Waals surface area contributed by atoms with E-state index in [-0.39, 0.29) is 22.9 Å². The van der Waals surface area contributed by atoms with Crippen LogP contribution in [0, 0.1) is 0 Å². The molecule has 0 aliphatic carbocycles. The van der Waals surface area contributed by atoms with E-state index in [9.17, 15) is 13.2 Å². The lowest BCUT2D eigenvalue weighted by molar-refractivity contribution is 0.102. The quantitative estimate of drug-likeness (QED) is 0.453. The van der Waals surface area contributed by atoms with Crippen LogP contribution in [0.5, 0.6) is 11.6 Å². The van der Waals surface area contributed by atoms with Crippen LogP contribution < -0.4 is 19.1 Å². The second kappa shape index (κ2) is 10.8. The predicted molar refractivity (Wildman–Crippen MR) is 125 cm³/mol. The molecular weight excluding hydrogens is 446 g/mol. The normalized spacial score (nSPS) is 11.0. The van der Waals surface area contributed by atoms with Crippen molar-refractivity contribution in [3.05, 3.63) is 72.4 Å². The van der Waals surface area contributed by atoms with Crippen molar-refractivity contribution in [3.8, 4) is 11.6 Å². The van der Waals surface area contributed by atoms with Crippen LogP contribution in [0.15, 0.2) is 71.8 Å². The molecule has 1 aromatic heterocycles. The minimum Gasteiger partial charge on any atom is -0.497 e. The first-order chi connectivity index (χ1) is 15.9. The van der Waals surface area contributed by atoms with E-state index in [0.717, 1.165) is 4.31 Å². The predicted octanol–water partition coefficient (Wildman–Crippen LogP) is 3.19. The lowest BCUT2D eigenvalue weighted by Gasteiger charge is -2.20. The van der Waals surface area contributed by atoms with E-state index < -0.39 is 15.9 Å². The average Bonchev–Trinajstić information content (AvgIpc) is 2.85. The molecule has 0 spiro atoms. The molecule has 33 heavy (non-hydrogen) atoms. The van der Waals surface area contributed by atoms with Crippen molar-refractivity contribution < 1.29 is 27.4 Å². The molecule has 0 radical (unpaired) electrons. The van der Waals surface area contributed by atoms with E-state index in [1.54, 1.807) is 49.7 Å². The van der Waals surface area contributed by atoms with Crippen LogP contribution in [0.1, 0.15) is 10.4 Å². The first kappa shape index (κ1) is 24.0. The van der Waals surface area contributed by atoms with Crippen LogP contribution >= 0.6 is 0 Å². The molecule has 3 aromatic rings. The number of nitrogens with zero attached hydrogens (tertiary/aromatic N) is 2. The molecule has 0 saturated carbocycles. The number of benzene rings is 2. The van der Waals surface area contributed by atoms with Gasteiger partial charge in [-0.25, -0.2) is 13.4 Å². The Hall–Kier alpha value is -3.63. The Kier molecular flexibility index (Phi) is 7.86. The van der Waals surface area contributed by atoms with Gasteiger partial charge in [-0.3, -0.25) is 9.10 Å². The molecule has 2 aromatic carbocycles. The number of carbonyl (C=O) groups excluding carboxylic acids is 1. The summed E-state index contributed by atoms with van der Waals surface area (Å²) >= 11 is 0. The van der Waals surface area contributed by atoms with Gasteiger partial charge in [0.05, 0.1) is 24.3 Å². The van der Waals surface area contributed by atoms with Crippen molar-refractivity contribution >= 4 is 27.3 Å². The third-order valence-corrected chi connectivity index (χ3v) is 6.52. The zero-order chi connectivity index (χ0) is 23.8. The second-order valence-corrected chi connectivity index (χ2v) is 8.82. The highest BCUT2D eigenvalue weighted by molar-refractivity contribution is 7.92. The number of aromatic nitrogens is 1. The third-order valence-electron chi connectivity index (χ3n) is 4.74. The van der Waals surface area contributed by atoms with Crippen LogP contribution in [-0.2, 0) is 14.8 Å². The number of methoxy groups -OCH3 is 2. The fourth-order valence-electron chi connectivity index (χ4n) is 2.90. The van der Waals surface area contributed by atoms with E-state index in [2.05, 4.69) is 10.3 Å². The maximum atomic E-state index is 13.1. The first-order valence-electron chi connectivity index (χ1n) is 9.98. The Labute approximate surface area is 193 Å². The largest absolute Gasteiger partial charge is 0.497 e.